The molecule has 0 spiro atoms. The first-order chi connectivity index (χ1) is 12.1. The lowest BCUT2D eigenvalue weighted by molar-refractivity contribution is -0.0335. The minimum absolute atomic E-state index is 0.0351. The summed E-state index contributed by atoms with van der Waals surface area (Å²) in [5.74, 6) is 0.365. The average molecular weight is 342 g/mol. The van der Waals surface area contributed by atoms with Crippen molar-refractivity contribution >= 4 is 5.91 Å². The molecule has 0 saturated heterocycles. The fourth-order valence-electron chi connectivity index (χ4n) is 2.46. The molecule has 2 N–H and O–H groups in total. The van der Waals surface area contributed by atoms with Gasteiger partial charge in [-0.3, -0.25) is 4.79 Å². The molecule has 0 unspecified atom stereocenters. The highest BCUT2D eigenvalue weighted by molar-refractivity contribution is 5.93. The van der Waals surface area contributed by atoms with Crippen LogP contribution in [0, 0.1) is 0 Å². The van der Waals surface area contributed by atoms with E-state index in [-0.39, 0.29) is 18.8 Å². The Morgan fingerprint density at radius 1 is 1.24 bits per heavy atom. The molecule has 130 valence electrons. The van der Waals surface area contributed by atoms with E-state index >= 15 is 0 Å². The van der Waals surface area contributed by atoms with Crippen LogP contribution in [0.4, 0.5) is 0 Å². The molecule has 0 bridgehead atoms. The molecule has 7 nitrogen and oxygen atoms in total. The number of hydrogen-bond donors (Lipinski definition) is 2. The smallest absolute Gasteiger partial charge is 0.273 e. The van der Waals surface area contributed by atoms with Gasteiger partial charge in [-0.2, -0.15) is 0 Å². The van der Waals surface area contributed by atoms with Crippen molar-refractivity contribution in [3.8, 4) is 11.5 Å². The maximum atomic E-state index is 12.3. The molecule has 2 heterocycles. The zero-order chi connectivity index (χ0) is 17.7. The van der Waals surface area contributed by atoms with Crippen LogP contribution in [-0.4, -0.2) is 36.4 Å². The molecular formula is C18H18N2O5. The van der Waals surface area contributed by atoms with Gasteiger partial charge in [0, 0.05) is 13.2 Å². The van der Waals surface area contributed by atoms with Crippen LogP contribution in [0.15, 0.2) is 63.7 Å². The number of carbonyl (C=O) groups excluding carboxylic acids is 1. The van der Waals surface area contributed by atoms with Gasteiger partial charge < -0.3 is 24.1 Å². The number of benzene rings is 1. The van der Waals surface area contributed by atoms with Gasteiger partial charge >= 0.3 is 0 Å². The van der Waals surface area contributed by atoms with Gasteiger partial charge in [-0.15, -0.1) is 0 Å². The third-order valence-corrected chi connectivity index (χ3v) is 3.74. The summed E-state index contributed by atoms with van der Waals surface area (Å²) in [6.45, 7) is 0.000383. The number of amides is 1. The van der Waals surface area contributed by atoms with E-state index in [4.69, 9.17) is 13.7 Å². The molecule has 0 saturated carbocycles. The molecule has 3 rings (SSSR count). The van der Waals surface area contributed by atoms with E-state index in [0.29, 0.717) is 17.1 Å². The topological polar surface area (TPSA) is 97.7 Å². The van der Waals surface area contributed by atoms with Crippen molar-refractivity contribution in [3.05, 3.63) is 66.1 Å². The molecule has 0 aliphatic rings. The van der Waals surface area contributed by atoms with Crippen LogP contribution in [0.25, 0.3) is 11.5 Å². The summed E-state index contributed by atoms with van der Waals surface area (Å²) in [7, 11) is 1.49. The first kappa shape index (κ1) is 16.9. The predicted molar refractivity (Wildman–Crippen MR) is 88.8 cm³/mol. The van der Waals surface area contributed by atoms with Crippen molar-refractivity contribution in [2.75, 3.05) is 20.3 Å². The summed E-state index contributed by atoms with van der Waals surface area (Å²) < 4.78 is 15.4. The molecule has 7 heteroatoms. The van der Waals surface area contributed by atoms with Gasteiger partial charge in [0.1, 0.15) is 5.60 Å². The van der Waals surface area contributed by atoms with Crippen LogP contribution in [0.1, 0.15) is 16.1 Å². The third-order valence-electron chi connectivity index (χ3n) is 3.74. The Morgan fingerprint density at radius 3 is 2.72 bits per heavy atom. The Morgan fingerprint density at radius 2 is 2.04 bits per heavy atom. The van der Waals surface area contributed by atoms with Gasteiger partial charge in [-0.1, -0.05) is 35.5 Å². The van der Waals surface area contributed by atoms with Crippen molar-refractivity contribution in [1.29, 1.82) is 0 Å². The summed E-state index contributed by atoms with van der Waals surface area (Å²) >= 11 is 0. The van der Waals surface area contributed by atoms with Crippen molar-refractivity contribution in [1.82, 2.24) is 10.5 Å². The lowest BCUT2D eigenvalue weighted by Crippen LogP contribution is -2.44. The highest BCUT2D eigenvalue weighted by Gasteiger charge is 2.30. The first-order valence-corrected chi connectivity index (χ1v) is 7.68. The van der Waals surface area contributed by atoms with Gasteiger partial charge in [0.15, 0.2) is 11.5 Å². The number of aromatic nitrogens is 1. The van der Waals surface area contributed by atoms with Gasteiger partial charge in [-0.05, 0) is 17.7 Å². The van der Waals surface area contributed by atoms with Crippen LogP contribution < -0.4 is 5.32 Å². The van der Waals surface area contributed by atoms with Gasteiger partial charge in [-0.25, -0.2) is 0 Å². The van der Waals surface area contributed by atoms with E-state index in [1.165, 1.54) is 19.4 Å². The first-order valence-electron chi connectivity index (χ1n) is 7.68. The highest BCUT2D eigenvalue weighted by Crippen LogP contribution is 2.22. The zero-order valence-corrected chi connectivity index (χ0v) is 13.6. The minimum atomic E-state index is -1.35. The maximum absolute atomic E-state index is 12.3. The van der Waals surface area contributed by atoms with Crippen LogP contribution in [-0.2, 0) is 10.3 Å². The lowest BCUT2D eigenvalue weighted by Gasteiger charge is -2.28. The Balaban J connectivity index is 1.70. The molecular weight excluding hydrogens is 324 g/mol. The number of nitrogens with one attached hydrogen (secondary N) is 1. The lowest BCUT2D eigenvalue weighted by atomic mass is 9.94. The molecule has 0 radical (unpaired) electrons. The van der Waals surface area contributed by atoms with Crippen LogP contribution in [0.3, 0.4) is 0 Å². The van der Waals surface area contributed by atoms with Crippen molar-refractivity contribution in [3.63, 3.8) is 0 Å². The summed E-state index contributed by atoms with van der Waals surface area (Å²) in [4.78, 5) is 12.3. The molecule has 1 amide bonds. The summed E-state index contributed by atoms with van der Waals surface area (Å²) in [6.07, 6.45) is 1.50. The second kappa shape index (κ2) is 7.33. The number of carbonyl (C=O) groups is 1. The fraction of sp³-hybridized carbons (Fsp3) is 0.222. The van der Waals surface area contributed by atoms with E-state index in [9.17, 15) is 9.90 Å². The normalized spacial score (nSPS) is 13.4. The Bertz CT molecular complexity index is 813. The quantitative estimate of drug-likeness (QED) is 0.683. The standard InChI is InChI=1S/C18H18N2O5/c1-23-12-18(22,13-6-3-2-4-7-13)11-19-17(21)14-10-16(25-20-14)15-8-5-9-24-15/h2-10,22H,11-12H2,1H3,(H,19,21)/t18-/m0/s1. The number of furan rings is 1. The van der Waals surface area contributed by atoms with Crippen molar-refractivity contribution in [2.24, 2.45) is 0 Å². The van der Waals surface area contributed by atoms with E-state index in [2.05, 4.69) is 10.5 Å². The number of nitrogens with zero attached hydrogens (tertiary/aromatic N) is 1. The molecule has 3 aromatic rings. The Labute approximate surface area is 144 Å². The number of rotatable bonds is 7. The maximum Gasteiger partial charge on any atom is 0.273 e. The molecule has 25 heavy (non-hydrogen) atoms. The van der Waals surface area contributed by atoms with Gasteiger partial charge in [0.25, 0.3) is 5.91 Å². The zero-order valence-electron chi connectivity index (χ0n) is 13.6. The summed E-state index contributed by atoms with van der Waals surface area (Å²) in [5, 5.41) is 17.2. The Kier molecular flexibility index (Phi) is 4.97. The molecule has 0 aliphatic carbocycles. The number of methoxy groups -OCH3 is 1. The van der Waals surface area contributed by atoms with Crippen molar-refractivity contribution < 1.29 is 23.6 Å². The van der Waals surface area contributed by atoms with E-state index in [1.54, 1.807) is 24.3 Å². The number of ether oxygens (including phenoxy) is 1. The molecule has 0 aliphatic heterocycles. The van der Waals surface area contributed by atoms with Gasteiger partial charge in [0.2, 0.25) is 5.76 Å². The van der Waals surface area contributed by atoms with E-state index in [1.807, 2.05) is 18.2 Å². The number of hydrogen-bond acceptors (Lipinski definition) is 6. The number of aliphatic hydroxyl groups is 1. The second-order valence-corrected chi connectivity index (χ2v) is 5.57. The SMILES string of the molecule is COC[C@@](O)(CNC(=O)c1cc(-c2ccco2)on1)c1ccccc1. The van der Waals surface area contributed by atoms with Crippen LogP contribution in [0.5, 0.6) is 0 Å². The van der Waals surface area contributed by atoms with Crippen molar-refractivity contribution in [2.45, 2.75) is 5.60 Å². The third kappa shape index (κ3) is 3.78. The van der Waals surface area contributed by atoms with E-state index in [0.717, 1.165) is 0 Å². The second-order valence-electron chi connectivity index (χ2n) is 5.57. The minimum Gasteiger partial charge on any atom is -0.461 e. The monoisotopic (exact) mass is 342 g/mol. The summed E-state index contributed by atoms with van der Waals surface area (Å²) in [5.41, 5.74) is -0.605. The molecule has 1 atom stereocenters. The van der Waals surface area contributed by atoms with Crippen LogP contribution in [0.2, 0.25) is 0 Å². The van der Waals surface area contributed by atoms with Crippen LogP contribution >= 0.6 is 0 Å². The molecule has 0 fully saturated rings. The largest absolute Gasteiger partial charge is 0.461 e. The van der Waals surface area contributed by atoms with Gasteiger partial charge in [0.05, 0.1) is 19.4 Å². The predicted octanol–water partition coefficient (Wildman–Crippen LogP) is 2.20. The molecule has 2 aromatic heterocycles. The highest BCUT2D eigenvalue weighted by atomic mass is 16.5. The average Bonchev–Trinajstić information content (AvgIpc) is 3.32. The van der Waals surface area contributed by atoms with E-state index < -0.39 is 11.5 Å². The molecule has 1 aromatic carbocycles. The summed E-state index contributed by atoms with van der Waals surface area (Å²) in [6, 6.07) is 13.9. The Hall–Kier alpha value is -2.90. The fourth-order valence-corrected chi connectivity index (χ4v) is 2.46.